The fourth-order valence-corrected chi connectivity index (χ4v) is 13.0. The van der Waals surface area contributed by atoms with Crippen LogP contribution in [0.2, 0.25) is 0 Å². The molecular formula is C36H60O8. The summed E-state index contributed by atoms with van der Waals surface area (Å²) in [6, 6.07) is 0. The number of rotatable bonds is 8. The maximum atomic E-state index is 12.7. The van der Waals surface area contributed by atoms with E-state index in [-0.39, 0.29) is 56.9 Å². The maximum absolute atomic E-state index is 12.7. The predicted octanol–water partition coefficient (Wildman–Crippen LogP) is 4.84. The lowest BCUT2D eigenvalue weighted by Crippen LogP contribution is -2.66. The number of methoxy groups -OCH3 is 1. The number of carbonyl (C=O) groups is 1. The van der Waals surface area contributed by atoms with Gasteiger partial charge in [0, 0.05) is 30.3 Å². The Morgan fingerprint density at radius 3 is 2.39 bits per heavy atom. The van der Waals surface area contributed by atoms with Crippen LogP contribution in [0.25, 0.3) is 0 Å². The van der Waals surface area contributed by atoms with E-state index in [0.717, 1.165) is 51.4 Å². The molecule has 1 heterocycles. The largest absolute Gasteiger partial charge is 0.462 e. The number of carbonyl (C=O) groups excluding carboxylic acids is 1. The first-order chi connectivity index (χ1) is 20.4. The van der Waals surface area contributed by atoms with E-state index in [1.807, 2.05) is 0 Å². The SMILES string of the molecule is CO[C@H]1O[C@@H]([C@H](O)[C@@](C)(O)CO)C[C@H]1[C@@H]1CC[C@]23C[C@]12CC[C@@H]1[C@@]2(C)CC[C@H](OC(=O)CC(C)C)C(C)(C)[C@@H]2C[C@@H](O)[C@]13C. The lowest BCUT2D eigenvalue weighted by Gasteiger charge is -2.68. The number of hydrogen-bond donors (Lipinski definition) is 4. The molecule has 0 radical (unpaired) electrons. The van der Waals surface area contributed by atoms with Gasteiger partial charge in [0.15, 0.2) is 6.29 Å². The topological polar surface area (TPSA) is 126 Å². The number of aliphatic hydroxyl groups is 4. The van der Waals surface area contributed by atoms with Gasteiger partial charge in [-0.2, -0.15) is 0 Å². The number of hydrogen-bond acceptors (Lipinski definition) is 8. The van der Waals surface area contributed by atoms with E-state index in [2.05, 4.69) is 41.5 Å². The Hall–Kier alpha value is -0.770. The molecule has 0 aromatic carbocycles. The Labute approximate surface area is 264 Å². The second-order valence-corrected chi connectivity index (χ2v) is 17.8. The van der Waals surface area contributed by atoms with Gasteiger partial charge in [0.25, 0.3) is 0 Å². The molecule has 0 unspecified atom stereocenters. The standard InChI is InChI=1S/C36H60O8/c1-20(2)15-28(39)44-27-11-12-32(5)24-10-13-35-18-36(35,34(24,7)26(38)17-25(32)31(27,3)4)14-9-22(35)21-16-23(43-30(21)42-8)29(40)33(6,41)19-37/h20-27,29-30,37-38,40-41H,9-19H2,1-8H3/t21-,22-,23+,24+,25-,26+,27-,29-,30-,32+,33-,34-,35+,36+/m0/s1. The third-order valence-corrected chi connectivity index (χ3v) is 15.2. The minimum Gasteiger partial charge on any atom is -0.462 e. The average molecular weight is 621 g/mol. The van der Waals surface area contributed by atoms with Crippen molar-refractivity contribution in [3.05, 3.63) is 0 Å². The fraction of sp³-hybridized carbons (Fsp3) is 0.972. The van der Waals surface area contributed by atoms with Crippen LogP contribution >= 0.6 is 0 Å². The van der Waals surface area contributed by atoms with E-state index >= 15 is 0 Å². The van der Waals surface area contributed by atoms with Crippen molar-refractivity contribution in [1.29, 1.82) is 0 Å². The lowest BCUT2D eigenvalue weighted by atomic mass is 9.37. The minimum atomic E-state index is -1.64. The summed E-state index contributed by atoms with van der Waals surface area (Å²) >= 11 is 0. The molecule has 252 valence electrons. The van der Waals surface area contributed by atoms with Gasteiger partial charge in [0.1, 0.15) is 17.8 Å². The molecule has 6 rings (SSSR count). The Kier molecular flexibility index (Phi) is 8.00. The normalized spacial score (nSPS) is 51.0. The van der Waals surface area contributed by atoms with Crippen LogP contribution in [0.4, 0.5) is 0 Å². The number of ether oxygens (including phenoxy) is 3. The zero-order chi connectivity index (χ0) is 32.3. The number of fused-ring (bicyclic) bond motifs is 3. The van der Waals surface area contributed by atoms with Crippen molar-refractivity contribution < 1.29 is 39.4 Å². The van der Waals surface area contributed by atoms with Crippen LogP contribution < -0.4 is 0 Å². The predicted molar refractivity (Wildman–Crippen MR) is 165 cm³/mol. The van der Waals surface area contributed by atoms with E-state index in [9.17, 15) is 25.2 Å². The zero-order valence-corrected chi connectivity index (χ0v) is 28.5. The van der Waals surface area contributed by atoms with Gasteiger partial charge in [-0.15, -0.1) is 0 Å². The second kappa shape index (κ2) is 10.6. The quantitative estimate of drug-likeness (QED) is 0.284. The summed E-state index contributed by atoms with van der Waals surface area (Å²) in [5.74, 6) is 1.31. The first-order valence-electron chi connectivity index (χ1n) is 17.5. The molecule has 1 aliphatic heterocycles. The molecule has 8 heteroatoms. The minimum absolute atomic E-state index is 0.0661. The molecule has 0 bridgehead atoms. The summed E-state index contributed by atoms with van der Waals surface area (Å²) in [7, 11) is 1.66. The Balaban J connectivity index is 1.25. The molecule has 14 atom stereocenters. The molecule has 0 aromatic rings. The number of esters is 1. The second-order valence-electron chi connectivity index (χ2n) is 17.8. The van der Waals surface area contributed by atoms with Crippen molar-refractivity contribution in [3.63, 3.8) is 0 Å². The molecule has 6 fully saturated rings. The fourth-order valence-electron chi connectivity index (χ4n) is 13.0. The van der Waals surface area contributed by atoms with Crippen molar-refractivity contribution in [3.8, 4) is 0 Å². The first-order valence-corrected chi connectivity index (χ1v) is 17.5. The highest BCUT2D eigenvalue weighted by Crippen LogP contribution is 2.91. The van der Waals surface area contributed by atoms with E-state index in [1.165, 1.54) is 6.92 Å². The molecule has 0 amide bonds. The van der Waals surface area contributed by atoms with E-state index < -0.39 is 36.8 Å². The highest BCUT2D eigenvalue weighted by Gasteiger charge is 2.86. The summed E-state index contributed by atoms with van der Waals surface area (Å²) in [5, 5.41) is 43.5. The van der Waals surface area contributed by atoms with Crippen LogP contribution in [-0.2, 0) is 19.0 Å². The van der Waals surface area contributed by atoms with Crippen LogP contribution in [-0.4, -0.2) is 76.4 Å². The Morgan fingerprint density at radius 2 is 1.75 bits per heavy atom. The average Bonchev–Trinajstić information content (AvgIpc) is 3.27. The molecule has 0 spiro atoms. The summed E-state index contributed by atoms with van der Waals surface area (Å²) in [4.78, 5) is 12.7. The van der Waals surface area contributed by atoms with Crippen molar-refractivity contribution in [2.24, 2.45) is 56.7 Å². The van der Waals surface area contributed by atoms with Gasteiger partial charge in [0.2, 0.25) is 0 Å². The van der Waals surface area contributed by atoms with Crippen molar-refractivity contribution >= 4 is 5.97 Å². The lowest BCUT2D eigenvalue weighted by molar-refractivity contribution is -0.246. The van der Waals surface area contributed by atoms with Gasteiger partial charge in [0.05, 0.1) is 18.8 Å². The van der Waals surface area contributed by atoms with Gasteiger partial charge in [-0.1, -0.05) is 41.5 Å². The molecular weight excluding hydrogens is 560 g/mol. The molecule has 4 N–H and O–H groups in total. The van der Waals surface area contributed by atoms with Crippen LogP contribution in [0.3, 0.4) is 0 Å². The molecule has 5 aliphatic carbocycles. The van der Waals surface area contributed by atoms with Crippen LogP contribution in [0.15, 0.2) is 0 Å². The van der Waals surface area contributed by atoms with Crippen LogP contribution in [0.1, 0.15) is 113 Å². The molecule has 5 saturated carbocycles. The van der Waals surface area contributed by atoms with Gasteiger partial charge < -0.3 is 34.6 Å². The van der Waals surface area contributed by atoms with E-state index in [0.29, 0.717) is 24.7 Å². The van der Waals surface area contributed by atoms with Gasteiger partial charge in [-0.3, -0.25) is 4.79 Å². The van der Waals surface area contributed by atoms with Gasteiger partial charge >= 0.3 is 5.97 Å². The smallest absolute Gasteiger partial charge is 0.306 e. The molecule has 8 nitrogen and oxygen atoms in total. The first kappa shape index (κ1) is 33.1. The van der Waals surface area contributed by atoms with Crippen molar-refractivity contribution in [2.75, 3.05) is 13.7 Å². The summed E-state index contributed by atoms with van der Waals surface area (Å²) in [6.45, 7) is 14.5. The Morgan fingerprint density at radius 1 is 1.05 bits per heavy atom. The van der Waals surface area contributed by atoms with Crippen LogP contribution in [0, 0.1) is 56.7 Å². The van der Waals surface area contributed by atoms with E-state index in [1.54, 1.807) is 7.11 Å². The molecule has 44 heavy (non-hydrogen) atoms. The van der Waals surface area contributed by atoms with Gasteiger partial charge in [-0.25, -0.2) is 0 Å². The summed E-state index contributed by atoms with van der Waals surface area (Å²) in [5.41, 5.74) is -1.77. The molecule has 0 aromatic heterocycles. The third-order valence-electron chi connectivity index (χ3n) is 15.2. The molecule has 1 saturated heterocycles. The number of aliphatic hydroxyl groups excluding tert-OH is 3. The Bertz CT molecular complexity index is 1120. The highest BCUT2D eigenvalue weighted by atomic mass is 16.7. The monoisotopic (exact) mass is 620 g/mol. The van der Waals surface area contributed by atoms with E-state index in [4.69, 9.17) is 14.2 Å². The zero-order valence-electron chi connectivity index (χ0n) is 28.5. The molecule has 6 aliphatic rings. The summed E-state index contributed by atoms with van der Waals surface area (Å²) in [6.07, 6.45) is 6.38. The highest BCUT2D eigenvalue weighted by molar-refractivity contribution is 5.69. The van der Waals surface area contributed by atoms with Crippen molar-refractivity contribution in [2.45, 2.75) is 149 Å². The third kappa shape index (κ3) is 4.32. The maximum Gasteiger partial charge on any atom is 0.306 e. The van der Waals surface area contributed by atoms with Crippen LogP contribution in [0.5, 0.6) is 0 Å². The van der Waals surface area contributed by atoms with Gasteiger partial charge in [-0.05, 0) is 105 Å². The van der Waals surface area contributed by atoms with Crippen molar-refractivity contribution in [1.82, 2.24) is 0 Å². The summed E-state index contributed by atoms with van der Waals surface area (Å²) < 4.78 is 18.2.